The Balaban J connectivity index is 2.42. The molecule has 33 heavy (non-hydrogen) atoms. The van der Waals surface area contributed by atoms with Gasteiger partial charge in [-0.15, -0.1) is 0 Å². The van der Waals surface area contributed by atoms with E-state index < -0.39 is 39.5 Å². The second-order valence-electron chi connectivity index (χ2n) is 7.18. The maximum Gasteiger partial charge on any atom is 0.435 e. The molecule has 0 saturated heterocycles. The fraction of sp³-hybridized carbons (Fsp3) is 0.350. The van der Waals surface area contributed by atoms with Crippen LogP contribution in [0.2, 0.25) is 0 Å². The molecule has 0 spiro atoms. The van der Waals surface area contributed by atoms with Crippen molar-refractivity contribution < 1.29 is 43.9 Å². The van der Waals surface area contributed by atoms with E-state index in [9.17, 15) is 43.9 Å². The Labute approximate surface area is 185 Å². The lowest BCUT2D eigenvalue weighted by molar-refractivity contribution is -0.348. The van der Waals surface area contributed by atoms with Crippen LogP contribution in [-0.4, -0.2) is 32.4 Å². The smallest absolute Gasteiger partial charge is 0.322 e. The predicted molar refractivity (Wildman–Crippen MR) is 108 cm³/mol. The zero-order chi connectivity index (χ0) is 25.4. The molecule has 0 atom stereocenters. The highest BCUT2D eigenvalue weighted by atomic mass is 32.2. The summed E-state index contributed by atoms with van der Waals surface area (Å²) in [6.07, 6.45) is -12.5. The van der Waals surface area contributed by atoms with E-state index in [0.29, 0.717) is 12.1 Å². The number of anilines is 2. The monoisotopic (exact) mass is 500 g/mol. The molecular weight excluding hydrogens is 481 g/mol. The first-order chi connectivity index (χ1) is 14.9. The fourth-order valence-electron chi connectivity index (χ4n) is 3.01. The van der Waals surface area contributed by atoms with Gasteiger partial charge in [-0.25, -0.2) is 12.8 Å². The molecule has 0 aliphatic carbocycles. The van der Waals surface area contributed by atoms with Crippen LogP contribution >= 0.6 is 0 Å². The van der Waals surface area contributed by atoms with Gasteiger partial charge in [-0.3, -0.25) is 9.52 Å². The van der Waals surface area contributed by atoms with Gasteiger partial charge in [0.05, 0.1) is 5.75 Å². The summed E-state index contributed by atoms with van der Waals surface area (Å²) in [7, 11) is -3.63. The standard InChI is InChI=1S/C20H19F7N2O3S/c1-4-33(31,32)29-15-7-5-6-13(10-15)17(30)28-16-11(2)8-14(9-12(16)3)18(21,19(22,23)24)20(25,26)27/h5-10,29H,4H2,1-3H3,(H,28,30). The van der Waals surface area contributed by atoms with Crippen molar-refractivity contribution in [2.24, 2.45) is 0 Å². The largest absolute Gasteiger partial charge is 0.435 e. The third-order valence-electron chi connectivity index (χ3n) is 4.73. The Bertz CT molecular complexity index is 1120. The molecule has 0 fully saturated rings. The minimum Gasteiger partial charge on any atom is -0.322 e. The van der Waals surface area contributed by atoms with E-state index in [2.05, 4.69) is 10.0 Å². The summed E-state index contributed by atoms with van der Waals surface area (Å²) in [5, 5.41) is 2.35. The molecule has 2 N–H and O–H groups in total. The maximum atomic E-state index is 14.4. The number of aryl methyl sites for hydroxylation is 2. The lowest BCUT2D eigenvalue weighted by Gasteiger charge is -2.31. The van der Waals surface area contributed by atoms with E-state index in [-0.39, 0.29) is 33.8 Å². The number of hydrogen-bond donors (Lipinski definition) is 2. The van der Waals surface area contributed by atoms with Crippen LogP contribution in [0.25, 0.3) is 0 Å². The van der Waals surface area contributed by atoms with Gasteiger partial charge < -0.3 is 5.32 Å². The number of rotatable bonds is 6. The fourth-order valence-corrected chi connectivity index (χ4v) is 3.64. The Kier molecular flexibility index (Phi) is 7.08. The van der Waals surface area contributed by atoms with Gasteiger partial charge in [0.25, 0.3) is 5.91 Å². The van der Waals surface area contributed by atoms with Gasteiger partial charge in [0, 0.05) is 22.5 Å². The van der Waals surface area contributed by atoms with Crippen molar-refractivity contribution in [1.82, 2.24) is 0 Å². The first kappa shape index (κ1) is 26.4. The van der Waals surface area contributed by atoms with Crippen LogP contribution in [0.3, 0.4) is 0 Å². The van der Waals surface area contributed by atoms with Crippen LogP contribution in [0.15, 0.2) is 36.4 Å². The number of benzene rings is 2. The molecule has 1 amide bonds. The molecule has 0 bridgehead atoms. The number of halogens is 7. The average molecular weight is 500 g/mol. The number of carbonyl (C=O) groups is 1. The van der Waals surface area contributed by atoms with Crippen molar-refractivity contribution in [3.63, 3.8) is 0 Å². The van der Waals surface area contributed by atoms with Crippen molar-refractivity contribution >= 4 is 27.3 Å². The Morgan fingerprint density at radius 3 is 1.88 bits per heavy atom. The molecule has 0 aromatic heterocycles. The number of amides is 1. The molecule has 0 saturated carbocycles. The van der Waals surface area contributed by atoms with E-state index in [4.69, 9.17) is 0 Å². The predicted octanol–water partition coefficient (Wildman–Crippen LogP) is 5.61. The van der Waals surface area contributed by atoms with Gasteiger partial charge >= 0.3 is 18.0 Å². The number of hydrogen-bond acceptors (Lipinski definition) is 3. The second-order valence-corrected chi connectivity index (χ2v) is 9.19. The maximum absolute atomic E-state index is 14.4. The van der Waals surface area contributed by atoms with Crippen LogP contribution in [0.4, 0.5) is 42.1 Å². The summed E-state index contributed by atoms with van der Waals surface area (Å²) in [6, 6.07) is 6.00. The summed E-state index contributed by atoms with van der Waals surface area (Å²) in [5.41, 5.74) is -7.82. The number of sulfonamides is 1. The molecule has 0 aliphatic rings. The summed E-state index contributed by atoms with van der Waals surface area (Å²) in [6.45, 7) is 3.63. The first-order valence-corrected chi connectivity index (χ1v) is 10.9. The molecule has 2 aromatic rings. The quantitative estimate of drug-likeness (QED) is 0.507. The van der Waals surface area contributed by atoms with Gasteiger partial charge in [-0.2, -0.15) is 26.3 Å². The normalized spacial score (nSPS) is 13.0. The third kappa shape index (κ3) is 5.40. The van der Waals surface area contributed by atoms with E-state index >= 15 is 0 Å². The molecule has 2 rings (SSSR count). The van der Waals surface area contributed by atoms with Crippen LogP contribution in [-0.2, 0) is 15.7 Å². The average Bonchev–Trinajstić information content (AvgIpc) is 2.67. The minimum atomic E-state index is -6.26. The summed E-state index contributed by atoms with van der Waals surface area (Å²) in [5.74, 6) is -1.04. The molecule has 0 unspecified atom stereocenters. The molecular formula is C20H19F7N2O3S. The van der Waals surface area contributed by atoms with Crippen LogP contribution in [0.5, 0.6) is 0 Å². The van der Waals surface area contributed by atoms with Gasteiger partial charge in [0.15, 0.2) is 0 Å². The van der Waals surface area contributed by atoms with Crippen LogP contribution < -0.4 is 10.0 Å². The molecule has 5 nitrogen and oxygen atoms in total. The van der Waals surface area contributed by atoms with E-state index in [0.717, 1.165) is 13.8 Å². The molecule has 2 aromatic carbocycles. The first-order valence-electron chi connectivity index (χ1n) is 9.29. The molecule has 182 valence electrons. The van der Waals surface area contributed by atoms with Crippen molar-refractivity contribution in [2.75, 3.05) is 15.8 Å². The summed E-state index contributed by atoms with van der Waals surface area (Å²) >= 11 is 0. The van der Waals surface area contributed by atoms with Crippen LogP contribution in [0, 0.1) is 13.8 Å². The topological polar surface area (TPSA) is 75.3 Å². The minimum absolute atomic E-state index is 0.0420. The van der Waals surface area contributed by atoms with Crippen LogP contribution in [0.1, 0.15) is 34.0 Å². The lowest BCUT2D eigenvalue weighted by atomic mass is 9.90. The Morgan fingerprint density at radius 1 is 0.909 bits per heavy atom. The highest BCUT2D eigenvalue weighted by Gasteiger charge is 2.73. The van der Waals surface area contributed by atoms with E-state index in [1.165, 1.54) is 31.2 Å². The van der Waals surface area contributed by atoms with Gasteiger partial charge in [0.1, 0.15) is 0 Å². The van der Waals surface area contributed by atoms with E-state index in [1.807, 2.05) is 0 Å². The zero-order valence-electron chi connectivity index (χ0n) is 17.4. The summed E-state index contributed by atoms with van der Waals surface area (Å²) in [4.78, 5) is 12.6. The van der Waals surface area contributed by atoms with Gasteiger partial charge in [0.2, 0.25) is 10.0 Å². The lowest BCUT2D eigenvalue weighted by Crippen LogP contribution is -2.50. The number of nitrogens with one attached hydrogen (secondary N) is 2. The van der Waals surface area contributed by atoms with Crippen molar-refractivity contribution in [3.05, 3.63) is 58.7 Å². The summed E-state index contributed by atoms with van der Waals surface area (Å²) < 4.78 is 118. The molecule has 0 radical (unpaired) electrons. The van der Waals surface area contributed by atoms with Gasteiger partial charge in [-0.05, 0) is 50.1 Å². The highest BCUT2D eigenvalue weighted by molar-refractivity contribution is 7.92. The SMILES string of the molecule is CCS(=O)(=O)Nc1cccc(C(=O)Nc2c(C)cc(C(F)(C(F)(F)F)C(F)(F)F)cc2C)c1. The van der Waals surface area contributed by atoms with Gasteiger partial charge in [-0.1, -0.05) is 18.2 Å². The van der Waals surface area contributed by atoms with E-state index in [1.54, 1.807) is 0 Å². The second kappa shape index (κ2) is 8.84. The number of alkyl halides is 7. The van der Waals surface area contributed by atoms with Crippen molar-refractivity contribution in [3.8, 4) is 0 Å². The zero-order valence-corrected chi connectivity index (χ0v) is 18.3. The molecule has 0 aliphatic heterocycles. The third-order valence-corrected chi connectivity index (χ3v) is 6.04. The molecule has 13 heteroatoms. The molecule has 0 heterocycles. The highest BCUT2D eigenvalue weighted by Crippen LogP contribution is 2.53. The Hall–Kier alpha value is -2.83. The number of carbonyl (C=O) groups excluding carboxylic acids is 1. The Morgan fingerprint density at radius 2 is 1.42 bits per heavy atom. The van der Waals surface area contributed by atoms with Crippen molar-refractivity contribution in [2.45, 2.75) is 38.8 Å². The van der Waals surface area contributed by atoms with Crippen molar-refractivity contribution in [1.29, 1.82) is 0 Å².